The summed E-state index contributed by atoms with van der Waals surface area (Å²) in [5, 5.41) is 1.57. The van der Waals surface area contributed by atoms with E-state index in [4.69, 9.17) is 11.6 Å². The number of carbonyl (C=O) groups is 2. The van der Waals surface area contributed by atoms with Crippen LogP contribution in [0.3, 0.4) is 0 Å². The quantitative estimate of drug-likeness (QED) is 0.920. The summed E-state index contributed by atoms with van der Waals surface area (Å²) in [6, 6.07) is 1.18. The molecule has 0 aliphatic rings. The zero-order chi connectivity index (χ0) is 14.4. The Morgan fingerprint density at radius 1 is 1.47 bits per heavy atom. The average Bonchev–Trinajstić information content (AvgIpc) is 2.28. The third kappa shape index (κ3) is 4.29. The summed E-state index contributed by atoms with van der Waals surface area (Å²) < 4.78 is 9.32. The lowest BCUT2D eigenvalue weighted by Gasteiger charge is -2.08. The van der Waals surface area contributed by atoms with E-state index in [1.165, 1.54) is 6.07 Å². The fraction of sp³-hybridized carbons (Fsp3) is 0.364. The fourth-order valence-corrected chi connectivity index (χ4v) is 2.02. The first kappa shape index (κ1) is 15.6. The highest BCUT2D eigenvalue weighted by Gasteiger charge is 2.20. The van der Waals surface area contributed by atoms with Crippen molar-refractivity contribution >= 4 is 40.3 Å². The SMILES string of the molecule is CCOC(=O)Nc1cc(Cl)oc(=O)c1C(=O)SCC. The average molecular weight is 306 g/mol. The van der Waals surface area contributed by atoms with Gasteiger partial charge < -0.3 is 9.15 Å². The van der Waals surface area contributed by atoms with Crippen LogP contribution in [0.25, 0.3) is 0 Å². The van der Waals surface area contributed by atoms with E-state index in [0.29, 0.717) is 5.75 Å². The molecule has 1 amide bonds. The summed E-state index contributed by atoms with van der Waals surface area (Å²) in [7, 11) is 0. The van der Waals surface area contributed by atoms with E-state index in [-0.39, 0.29) is 23.1 Å². The second-order valence-corrected chi connectivity index (χ2v) is 4.80. The Labute approximate surface area is 118 Å². The molecule has 8 heteroatoms. The smallest absolute Gasteiger partial charge is 0.411 e. The monoisotopic (exact) mass is 305 g/mol. The summed E-state index contributed by atoms with van der Waals surface area (Å²) in [5.74, 6) is 0.486. The van der Waals surface area contributed by atoms with Gasteiger partial charge in [0.1, 0.15) is 5.56 Å². The predicted molar refractivity (Wildman–Crippen MR) is 73.1 cm³/mol. The molecule has 0 saturated carbocycles. The lowest BCUT2D eigenvalue weighted by atomic mass is 10.2. The van der Waals surface area contributed by atoms with Crippen LogP contribution in [0.2, 0.25) is 5.22 Å². The standard InChI is InChI=1S/C11H12ClNO5S/c1-3-17-11(16)13-6-5-7(12)18-9(14)8(6)10(15)19-4-2/h5H,3-4H2,1-2H3,(H,13,16). The lowest BCUT2D eigenvalue weighted by Crippen LogP contribution is -2.20. The Kier molecular flexibility index (Phi) is 5.91. The van der Waals surface area contributed by atoms with Gasteiger partial charge in [-0.2, -0.15) is 0 Å². The summed E-state index contributed by atoms with van der Waals surface area (Å²) in [4.78, 5) is 34.8. The van der Waals surface area contributed by atoms with Crippen LogP contribution in [-0.4, -0.2) is 23.6 Å². The molecule has 0 bridgehead atoms. The normalized spacial score (nSPS) is 10.1. The minimum atomic E-state index is -0.898. The largest absolute Gasteiger partial charge is 0.450 e. The second kappa shape index (κ2) is 7.20. The van der Waals surface area contributed by atoms with E-state index >= 15 is 0 Å². The molecular weight excluding hydrogens is 294 g/mol. The molecule has 0 aliphatic carbocycles. The van der Waals surface area contributed by atoms with Crippen LogP contribution < -0.4 is 10.9 Å². The lowest BCUT2D eigenvalue weighted by molar-refractivity contribution is 0.108. The van der Waals surface area contributed by atoms with Gasteiger partial charge in [-0.25, -0.2) is 9.59 Å². The molecule has 0 spiro atoms. The van der Waals surface area contributed by atoms with E-state index in [1.807, 2.05) is 0 Å². The number of carbonyl (C=O) groups excluding carboxylic acids is 2. The minimum absolute atomic E-state index is 0.0225. The maximum atomic E-state index is 11.8. The van der Waals surface area contributed by atoms with Crippen molar-refractivity contribution in [3.05, 3.63) is 27.3 Å². The van der Waals surface area contributed by atoms with Crippen molar-refractivity contribution < 1.29 is 18.7 Å². The minimum Gasteiger partial charge on any atom is -0.450 e. The van der Waals surface area contributed by atoms with E-state index in [0.717, 1.165) is 11.8 Å². The van der Waals surface area contributed by atoms with Gasteiger partial charge in [-0.1, -0.05) is 18.7 Å². The molecule has 0 radical (unpaired) electrons. The zero-order valence-corrected chi connectivity index (χ0v) is 11.9. The summed E-state index contributed by atoms with van der Waals surface area (Å²) >= 11 is 6.51. The predicted octanol–water partition coefficient (Wildman–Crippen LogP) is 2.75. The Morgan fingerprint density at radius 3 is 2.74 bits per heavy atom. The molecule has 1 aromatic rings. The maximum Gasteiger partial charge on any atom is 0.411 e. The molecule has 104 valence electrons. The molecule has 0 saturated heterocycles. The molecule has 19 heavy (non-hydrogen) atoms. The van der Waals surface area contributed by atoms with Crippen LogP contribution in [-0.2, 0) is 4.74 Å². The number of hydrogen-bond acceptors (Lipinski definition) is 6. The molecule has 1 aromatic heterocycles. The number of ether oxygens (including phenoxy) is 1. The summed E-state index contributed by atoms with van der Waals surface area (Å²) in [5.41, 5.74) is -1.18. The molecule has 1 rings (SSSR count). The number of hydrogen-bond donors (Lipinski definition) is 1. The maximum absolute atomic E-state index is 11.8. The van der Waals surface area contributed by atoms with Gasteiger partial charge in [0.2, 0.25) is 5.12 Å². The van der Waals surface area contributed by atoms with Crippen molar-refractivity contribution in [1.82, 2.24) is 0 Å². The highest BCUT2D eigenvalue weighted by Crippen LogP contribution is 2.22. The topological polar surface area (TPSA) is 85.6 Å². The van der Waals surface area contributed by atoms with Crippen molar-refractivity contribution in [3.8, 4) is 0 Å². The first-order valence-electron chi connectivity index (χ1n) is 5.44. The van der Waals surface area contributed by atoms with E-state index in [2.05, 4.69) is 14.5 Å². The van der Waals surface area contributed by atoms with E-state index < -0.39 is 16.8 Å². The number of rotatable bonds is 4. The van der Waals surface area contributed by atoms with Crippen LogP contribution in [0.1, 0.15) is 24.2 Å². The second-order valence-electron chi connectivity index (χ2n) is 3.19. The third-order valence-corrected chi connectivity index (χ3v) is 2.85. The first-order chi connectivity index (χ1) is 8.99. The molecule has 1 N–H and O–H groups in total. The van der Waals surface area contributed by atoms with Crippen molar-refractivity contribution in [2.45, 2.75) is 13.8 Å². The third-order valence-electron chi connectivity index (χ3n) is 1.91. The number of thioether (sulfide) groups is 1. The summed E-state index contributed by atoms with van der Waals surface area (Å²) in [6.45, 7) is 3.55. The molecule has 0 unspecified atom stereocenters. The van der Waals surface area contributed by atoms with Gasteiger partial charge in [-0.15, -0.1) is 0 Å². The molecule has 1 heterocycles. The van der Waals surface area contributed by atoms with Gasteiger partial charge in [0.25, 0.3) is 0 Å². The van der Waals surface area contributed by atoms with Crippen molar-refractivity contribution in [1.29, 1.82) is 0 Å². The highest BCUT2D eigenvalue weighted by molar-refractivity contribution is 8.14. The molecule has 0 aliphatic heterocycles. The fourth-order valence-electron chi connectivity index (χ4n) is 1.24. The summed E-state index contributed by atoms with van der Waals surface area (Å²) in [6.07, 6.45) is -0.778. The number of nitrogens with one attached hydrogen (secondary N) is 1. The molecule has 0 fully saturated rings. The zero-order valence-electron chi connectivity index (χ0n) is 10.3. The van der Waals surface area contributed by atoms with Crippen LogP contribution >= 0.6 is 23.4 Å². The van der Waals surface area contributed by atoms with Crippen molar-refractivity contribution in [2.75, 3.05) is 17.7 Å². The van der Waals surface area contributed by atoms with Crippen molar-refractivity contribution in [3.63, 3.8) is 0 Å². The van der Waals surface area contributed by atoms with Crippen molar-refractivity contribution in [2.24, 2.45) is 0 Å². The Bertz CT molecular complexity index is 542. The molecule has 0 aromatic carbocycles. The first-order valence-corrected chi connectivity index (χ1v) is 6.80. The van der Waals surface area contributed by atoms with E-state index in [9.17, 15) is 14.4 Å². The van der Waals surface area contributed by atoms with E-state index in [1.54, 1.807) is 13.8 Å². The highest BCUT2D eigenvalue weighted by atomic mass is 35.5. The molecule has 6 nitrogen and oxygen atoms in total. The Balaban J connectivity index is 3.17. The van der Waals surface area contributed by atoms with Gasteiger partial charge in [-0.05, 0) is 24.3 Å². The van der Waals surface area contributed by atoms with Crippen LogP contribution in [0.5, 0.6) is 0 Å². The number of anilines is 1. The van der Waals surface area contributed by atoms with Gasteiger partial charge in [0.05, 0.1) is 12.3 Å². The van der Waals surface area contributed by atoms with Gasteiger partial charge in [-0.3, -0.25) is 10.1 Å². The Morgan fingerprint density at radius 2 is 2.16 bits per heavy atom. The van der Waals surface area contributed by atoms with Gasteiger partial charge >= 0.3 is 11.7 Å². The molecular formula is C11H12ClNO5S. The number of amides is 1. The van der Waals surface area contributed by atoms with Crippen LogP contribution in [0, 0.1) is 0 Å². The van der Waals surface area contributed by atoms with Gasteiger partial charge in [0, 0.05) is 6.07 Å². The van der Waals surface area contributed by atoms with Crippen LogP contribution in [0.4, 0.5) is 10.5 Å². The Hall–Kier alpha value is -1.47. The van der Waals surface area contributed by atoms with Crippen LogP contribution in [0.15, 0.2) is 15.3 Å². The van der Waals surface area contributed by atoms with Gasteiger partial charge in [0.15, 0.2) is 5.22 Å². The molecule has 0 atom stereocenters. The number of halogens is 1.